The molecule has 0 aliphatic carbocycles. The van der Waals surface area contributed by atoms with Gasteiger partial charge in [-0.2, -0.15) is 0 Å². The maximum atomic E-state index is 2.34. The summed E-state index contributed by atoms with van der Waals surface area (Å²) in [4.78, 5) is 0. The normalized spacial score (nSPS) is 11.7. The SMILES string of the molecule is Cc1ccc(C=Cc2cc3c4ccccc4ccc3c3ccccc23)cc1. The van der Waals surface area contributed by atoms with E-state index in [2.05, 4.69) is 110 Å². The Hall–Kier alpha value is -3.38. The van der Waals surface area contributed by atoms with E-state index >= 15 is 0 Å². The molecule has 0 fully saturated rings. The van der Waals surface area contributed by atoms with Crippen LogP contribution in [-0.4, -0.2) is 0 Å². The fraction of sp³-hybridized carbons (Fsp3) is 0.0370. The predicted octanol–water partition coefficient (Wildman–Crippen LogP) is 7.63. The molecule has 0 unspecified atom stereocenters. The lowest BCUT2D eigenvalue weighted by Crippen LogP contribution is -1.84. The van der Waals surface area contributed by atoms with Crippen LogP contribution in [0, 0.1) is 6.92 Å². The summed E-state index contributed by atoms with van der Waals surface area (Å²) in [6.45, 7) is 2.12. The number of hydrogen-bond donors (Lipinski definition) is 0. The zero-order valence-electron chi connectivity index (χ0n) is 15.3. The summed E-state index contributed by atoms with van der Waals surface area (Å²) in [6.07, 6.45) is 4.45. The monoisotopic (exact) mass is 344 g/mol. The van der Waals surface area contributed by atoms with Crippen molar-refractivity contribution in [3.63, 3.8) is 0 Å². The molecule has 0 saturated carbocycles. The van der Waals surface area contributed by atoms with Crippen LogP contribution in [0.1, 0.15) is 16.7 Å². The van der Waals surface area contributed by atoms with Gasteiger partial charge in [0.15, 0.2) is 0 Å². The second-order valence-corrected chi connectivity index (χ2v) is 7.14. The minimum atomic E-state index is 1.22. The third-order valence-corrected chi connectivity index (χ3v) is 5.33. The van der Waals surface area contributed by atoms with Gasteiger partial charge in [-0.3, -0.25) is 0 Å². The molecule has 0 aliphatic heterocycles. The first-order valence-electron chi connectivity index (χ1n) is 9.37. The molecular formula is C27H20. The molecule has 0 heteroatoms. The van der Waals surface area contributed by atoms with E-state index < -0.39 is 0 Å². The Morgan fingerprint density at radius 3 is 2.00 bits per heavy atom. The summed E-state index contributed by atoms with van der Waals surface area (Å²) in [6, 6.07) is 32.8. The lowest BCUT2D eigenvalue weighted by atomic mass is 9.93. The Labute approximate surface area is 159 Å². The van der Waals surface area contributed by atoms with Crippen molar-refractivity contribution in [3.8, 4) is 0 Å². The van der Waals surface area contributed by atoms with Crippen molar-refractivity contribution in [1.82, 2.24) is 0 Å². The molecule has 0 radical (unpaired) electrons. The van der Waals surface area contributed by atoms with Crippen molar-refractivity contribution in [2.24, 2.45) is 0 Å². The van der Waals surface area contributed by atoms with Crippen LogP contribution in [0.3, 0.4) is 0 Å². The van der Waals surface area contributed by atoms with Crippen LogP contribution in [0.5, 0.6) is 0 Å². The minimum absolute atomic E-state index is 1.22. The maximum absolute atomic E-state index is 2.34. The quantitative estimate of drug-likeness (QED) is 0.228. The molecule has 128 valence electrons. The lowest BCUT2D eigenvalue weighted by Gasteiger charge is -2.10. The van der Waals surface area contributed by atoms with Gasteiger partial charge in [-0.15, -0.1) is 0 Å². The molecule has 27 heavy (non-hydrogen) atoms. The van der Waals surface area contributed by atoms with Gasteiger partial charge < -0.3 is 0 Å². The van der Waals surface area contributed by atoms with Crippen LogP contribution < -0.4 is 0 Å². The Morgan fingerprint density at radius 1 is 0.519 bits per heavy atom. The number of aryl methyl sites for hydroxylation is 1. The first-order valence-corrected chi connectivity index (χ1v) is 9.37. The van der Waals surface area contributed by atoms with E-state index in [9.17, 15) is 0 Å². The van der Waals surface area contributed by atoms with Gasteiger partial charge in [0.05, 0.1) is 0 Å². The molecular weight excluding hydrogens is 324 g/mol. The van der Waals surface area contributed by atoms with Gasteiger partial charge in [0.25, 0.3) is 0 Å². The van der Waals surface area contributed by atoms with E-state index in [-0.39, 0.29) is 0 Å². The lowest BCUT2D eigenvalue weighted by molar-refractivity contribution is 1.46. The molecule has 0 saturated heterocycles. The highest BCUT2D eigenvalue weighted by molar-refractivity contribution is 6.19. The second kappa shape index (κ2) is 6.41. The molecule has 0 nitrogen and oxygen atoms in total. The maximum Gasteiger partial charge on any atom is -0.00930 e. The molecule has 0 N–H and O–H groups in total. The summed E-state index contributed by atoms with van der Waals surface area (Å²) in [7, 11) is 0. The Morgan fingerprint density at radius 2 is 1.19 bits per heavy atom. The summed E-state index contributed by atoms with van der Waals surface area (Å²) >= 11 is 0. The average Bonchev–Trinajstić information content (AvgIpc) is 2.73. The highest BCUT2D eigenvalue weighted by Gasteiger charge is 2.07. The fourth-order valence-electron chi connectivity index (χ4n) is 3.89. The zero-order chi connectivity index (χ0) is 18.2. The number of hydrogen-bond acceptors (Lipinski definition) is 0. The Kier molecular flexibility index (Phi) is 3.76. The van der Waals surface area contributed by atoms with Crippen molar-refractivity contribution in [2.75, 3.05) is 0 Å². The van der Waals surface area contributed by atoms with Crippen molar-refractivity contribution >= 4 is 44.5 Å². The molecule has 0 amide bonds. The van der Waals surface area contributed by atoms with Crippen LogP contribution >= 0.6 is 0 Å². The van der Waals surface area contributed by atoms with Crippen molar-refractivity contribution in [2.45, 2.75) is 6.92 Å². The smallest absolute Gasteiger partial charge is 0.00930 e. The minimum Gasteiger partial charge on any atom is -0.0616 e. The van der Waals surface area contributed by atoms with Gasteiger partial charge in [0.2, 0.25) is 0 Å². The second-order valence-electron chi connectivity index (χ2n) is 7.14. The molecule has 0 aromatic heterocycles. The molecule has 0 atom stereocenters. The predicted molar refractivity (Wildman–Crippen MR) is 119 cm³/mol. The molecule has 0 heterocycles. The van der Waals surface area contributed by atoms with Crippen LogP contribution in [0.4, 0.5) is 0 Å². The third-order valence-electron chi connectivity index (χ3n) is 5.33. The first kappa shape index (κ1) is 15.8. The van der Waals surface area contributed by atoms with Gasteiger partial charge in [0, 0.05) is 0 Å². The van der Waals surface area contributed by atoms with Crippen LogP contribution in [0.2, 0.25) is 0 Å². The molecule has 5 aromatic carbocycles. The molecule has 5 aromatic rings. The Bertz CT molecular complexity index is 1310. The van der Waals surface area contributed by atoms with Crippen molar-refractivity contribution in [1.29, 1.82) is 0 Å². The van der Waals surface area contributed by atoms with Gasteiger partial charge in [-0.1, -0.05) is 103 Å². The van der Waals surface area contributed by atoms with Gasteiger partial charge in [-0.25, -0.2) is 0 Å². The Balaban J connectivity index is 1.79. The summed E-state index contributed by atoms with van der Waals surface area (Å²) in [5, 5.41) is 7.83. The molecule has 5 rings (SSSR count). The highest BCUT2D eigenvalue weighted by atomic mass is 14.1. The number of fused-ring (bicyclic) bond motifs is 5. The summed E-state index contributed by atoms with van der Waals surface area (Å²) in [5.74, 6) is 0. The third kappa shape index (κ3) is 2.80. The summed E-state index contributed by atoms with van der Waals surface area (Å²) < 4.78 is 0. The molecule has 0 spiro atoms. The largest absolute Gasteiger partial charge is 0.0616 e. The van der Waals surface area contributed by atoms with Gasteiger partial charge in [-0.05, 0) is 56.4 Å². The van der Waals surface area contributed by atoms with E-state index in [1.165, 1.54) is 49.0 Å². The molecule has 0 bridgehead atoms. The van der Waals surface area contributed by atoms with Crippen LogP contribution in [0.25, 0.3) is 44.5 Å². The van der Waals surface area contributed by atoms with Crippen molar-refractivity contribution < 1.29 is 0 Å². The van der Waals surface area contributed by atoms with Crippen LogP contribution in [0.15, 0.2) is 91.0 Å². The van der Waals surface area contributed by atoms with E-state index in [0.29, 0.717) is 0 Å². The van der Waals surface area contributed by atoms with Crippen LogP contribution in [-0.2, 0) is 0 Å². The number of benzene rings is 5. The molecule has 0 aliphatic rings. The first-order chi connectivity index (χ1) is 13.3. The highest BCUT2D eigenvalue weighted by Crippen LogP contribution is 2.34. The average molecular weight is 344 g/mol. The summed E-state index contributed by atoms with van der Waals surface area (Å²) in [5.41, 5.74) is 3.77. The standard InChI is InChI=1S/C27H20/c1-19-10-12-20(13-11-19)14-15-22-18-27-23-7-3-2-6-21(23)16-17-26(27)25-9-5-4-8-24(22)25/h2-18H,1H3. The van der Waals surface area contributed by atoms with E-state index in [1.807, 2.05) is 0 Å². The topological polar surface area (TPSA) is 0 Å². The van der Waals surface area contributed by atoms with Gasteiger partial charge >= 0.3 is 0 Å². The van der Waals surface area contributed by atoms with Gasteiger partial charge in [0.1, 0.15) is 0 Å². The van der Waals surface area contributed by atoms with E-state index in [4.69, 9.17) is 0 Å². The van der Waals surface area contributed by atoms with E-state index in [1.54, 1.807) is 0 Å². The van der Waals surface area contributed by atoms with Crippen molar-refractivity contribution in [3.05, 3.63) is 108 Å². The number of rotatable bonds is 2. The zero-order valence-corrected chi connectivity index (χ0v) is 15.3. The fourth-order valence-corrected chi connectivity index (χ4v) is 3.89. The van der Waals surface area contributed by atoms with E-state index in [0.717, 1.165) is 0 Å².